The highest BCUT2D eigenvalue weighted by Crippen LogP contribution is 2.38. The highest BCUT2D eigenvalue weighted by Gasteiger charge is 2.48. The van der Waals surface area contributed by atoms with Gasteiger partial charge in [-0.15, -0.1) is 0 Å². The van der Waals surface area contributed by atoms with Crippen LogP contribution in [-0.4, -0.2) is 44.4 Å². The van der Waals surface area contributed by atoms with Crippen LogP contribution in [-0.2, 0) is 19.6 Å². The Balaban J connectivity index is 2.48. The predicted octanol–water partition coefficient (Wildman–Crippen LogP) is 1.04. The van der Waals surface area contributed by atoms with E-state index in [0.29, 0.717) is 24.9 Å². The Morgan fingerprint density at radius 2 is 2.09 bits per heavy atom. The van der Waals surface area contributed by atoms with E-state index in [-0.39, 0.29) is 17.9 Å². The lowest BCUT2D eigenvalue weighted by Gasteiger charge is -2.36. The number of nitrogens with two attached hydrogens (primary N) is 1. The largest absolute Gasteiger partial charge is 0.383 e. The van der Waals surface area contributed by atoms with Crippen LogP contribution in [0.25, 0.3) is 0 Å². The van der Waals surface area contributed by atoms with Crippen molar-refractivity contribution in [2.75, 3.05) is 20.3 Å². The Morgan fingerprint density at radius 3 is 2.68 bits per heavy atom. The molecule has 1 aromatic rings. The summed E-state index contributed by atoms with van der Waals surface area (Å²) < 4.78 is 32.7. The van der Waals surface area contributed by atoms with Gasteiger partial charge >= 0.3 is 0 Å². The van der Waals surface area contributed by atoms with Gasteiger partial charge in [-0.1, -0.05) is 18.2 Å². The first-order valence-corrected chi connectivity index (χ1v) is 8.63. The van der Waals surface area contributed by atoms with Crippen LogP contribution in [0.3, 0.4) is 0 Å². The number of carbonyl (C=O) groups excluding carboxylic acids is 1. The van der Waals surface area contributed by atoms with Crippen LogP contribution in [0.4, 0.5) is 0 Å². The molecule has 1 atom stereocenters. The Labute approximate surface area is 131 Å². The lowest BCUT2D eigenvalue weighted by molar-refractivity contribution is -0.120. The van der Waals surface area contributed by atoms with Crippen molar-refractivity contribution in [1.82, 2.24) is 4.31 Å². The third kappa shape index (κ3) is 3.02. The van der Waals surface area contributed by atoms with Crippen molar-refractivity contribution in [3.05, 3.63) is 29.8 Å². The first kappa shape index (κ1) is 16.9. The van der Waals surface area contributed by atoms with Crippen LogP contribution in [0, 0.1) is 6.92 Å². The third-order valence-electron chi connectivity index (χ3n) is 4.11. The minimum absolute atomic E-state index is 0.0358. The summed E-state index contributed by atoms with van der Waals surface area (Å²) >= 11 is 0. The van der Waals surface area contributed by atoms with E-state index in [0.717, 1.165) is 0 Å². The standard InChI is InChI=1S/C15H22N2O4S/c1-12-6-3-4-7-13(12)22(19,20)17-9-5-8-15(17,11-21-2)10-14(16)18/h3-4,6-7H,5,8-11H2,1-2H3,(H2,16,18). The average Bonchev–Trinajstić information content (AvgIpc) is 2.82. The number of carbonyl (C=O) groups is 1. The molecule has 122 valence electrons. The van der Waals surface area contributed by atoms with E-state index in [9.17, 15) is 13.2 Å². The maximum atomic E-state index is 13.0. The number of nitrogens with zero attached hydrogens (tertiary/aromatic N) is 1. The molecule has 1 aliphatic heterocycles. The highest BCUT2D eigenvalue weighted by molar-refractivity contribution is 7.89. The molecule has 0 radical (unpaired) electrons. The molecule has 1 saturated heterocycles. The number of aryl methyl sites for hydroxylation is 1. The Morgan fingerprint density at radius 1 is 1.41 bits per heavy atom. The summed E-state index contributed by atoms with van der Waals surface area (Å²) in [5, 5.41) is 0. The van der Waals surface area contributed by atoms with Crippen molar-refractivity contribution in [2.24, 2.45) is 5.73 Å². The van der Waals surface area contributed by atoms with E-state index in [1.54, 1.807) is 31.2 Å². The fourth-order valence-electron chi connectivity index (χ4n) is 3.22. The molecule has 0 aliphatic carbocycles. The lowest BCUT2D eigenvalue weighted by atomic mass is 9.94. The second kappa shape index (κ2) is 6.36. The average molecular weight is 326 g/mol. The Bertz CT molecular complexity index is 659. The molecule has 0 saturated carbocycles. The van der Waals surface area contributed by atoms with Crippen molar-refractivity contribution >= 4 is 15.9 Å². The van der Waals surface area contributed by atoms with Crippen LogP contribution in [0.5, 0.6) is 0 Å². The molecule has 0 spiro atoms. The minimum Gasteiger partial charge on any atom is -0.383 e. The maximum Gasteiger partial charge on any atom is 0.243 e. The van der Waals surface area contributed by atoms with Crippen molar-refractivity contribution < 1.29 is 17.9 Å². The van der Waals surface area contributed by atoms with Crippen LogP contribution in [0.2, 0.25) is 0 Å². The minimum atomic E-state index is -3.70. The number of sulfonamides is 1. The summed E-state index contributed by atoms with van der Waals surface area (Å²) in [4.78, 5) is 11.7. The molecule has 1 fully saturated rings. The van der Waals surface area contributed by atoms with Crippen molar-refractivity contribution in [3.63, 3.8) is 0 Å². The maximum absolute atomic E-state index is 13.0. The second-order valence-corrected chi connectivity index (χ2v) is 7.58. The van der Waals surface area contributed by atoms with Gasteiger partial charge < -0.3 is 10.5 Å². The molecular weight excluding hydrogens is 304 g/mol. The lowest BCUT2D eigenvalue weighted by Crippen LogP contribution is -2.52. The third-order valence-corrected chi connectivity index (χ3v) is 6.27. The van der Waals surface area contributed by atoms with Gasteiger partial charge in [0, 0.05) is 20.1 Å². The van der Waals surface area contributed by atoms with E-state index in [1.165, 1.54) is 11.4 Å². The molecular formula is C15H22N2O4S. The molecule has 6 nitrogen and oxygen atoms in total. The van der Waals surface area contributed by atoms with Gasteiger partial charge in [-0.25, -0.2) is 8.42 Å². The molecule has 0 bridgehead atoms. The smallest absolute Gasteiger partial charge is 0.243 e. The quantitative estimate of drug-likeness (QED) is 0.846. The summed E-state index contributed by atoms with van der Waals surface area (Å²) in [6, 6.07) is 6.84. The Kier molecular flexibility index (Phi) is 4.89. The highest BCUT2D eigenvalue weighted by atomic mass is 32.2. The van der Waals surface area contributed by atoms with Crippen molar-refractivity contribution in [3.8, 4) is 0 Å². The zero-order valence-corrected chi connectivity index (χ0v) is 13.7. The number of ether oxygens (including phenoxy) is 1. The van der Waals surface area contributed by atoms with Crippen molar-refractivity contribution in [2.45, 2.75) is 36.6 Å². The fourth-order valence-corrected chi connectivity index (χ4v) is 5.27. The summed E-state index contributed by atoms with van der Waals surface area (Å²) in [6.07, 6.45) is 1.21. The van der Waals surface area contributed by atoms with Gasteiger partial charge in [0.25, 0.3) is 0 Å². The van der Waals surface area contributed by atoms with Gasteiger partial charge in [0.1, 0.15) is 0 Å². The SMILES string of the molecule is COCC1(CC(N)=O)CCCN1S(=O)(=O)c1ccccc1C. The van der Waals surface area contributed by atoms with Crippen LogP contribution >= 0.6 is 0 Å². The van der Waals surface area contributed by atoms with E-state index in [1.807, 2.05) is 0 Å². The summed E-state index contributed by atoms with van der Waals surface area (Å²) in [7, 11) is -2.20. The zero-order chi connectivity index (χ0) is 16.4. The molecule has 1 heterocycles. The molecule has 2 rings (SSSR count). The van der Waals surface area contributed by atoms with E-state index >= 15 is 0 Å². The molecule has 7 heteroatoms. The van der Waals surface area contributed by atoms with E-state index < -0.39 is 21.5 Å². The molecule has 1 amide bonds. The van der Waals surface area contributed by atoms with E-state index in [4.69, 9.17) is 10.5 Å². The number of rotatable bonds is 6. The first-order valence-electron chi connectivity index (χ1n) is 7.19. The number of amides is 1. The molecule has 0 aromatic heterocycles. The van der Waals surface area contributed by atoms with Gasteiger partial charge in [-0.05, 0) is 31.4 Å². The van der Waals surface area contributed by atoms with Crippen LogP contribution in [0.1, 0.15) is 24.8 Å². The van der Waals surface area contributed by atoms with Gasteiger partial charge in [0.05, 0.1) is 17.0 Å². The summed E-state index contributed by atoms with van der Waals surface area (Å²) in [5.74, 6) is -0.524. The van der Waals surface area contributed by atoms with Crippen LogP contribution in [0.15, 0.2) is 29.2 Å². The first-order chi connectivity index (χ1) is 10.3. The topological polar surface area (TPSA) is 89.7 Å². The van der Waals surface area contributed by atoms with Gasteiger partial charge in [-0.2, -0.15) is 4.31 Å². The number of hydrogen-bond acceptors (Lipinski definition) is 4. The summed E-state index contributed by atoms with van der Waals surface area (Å²) in [5.41, 5.74) is 5.14. The molecule has 1 aliphatic rings. The zero-order valence-electron chi connectivity index (χ0n) is 12.9. The molecule has 1 aromatic carbocycles. The number of primary amides is 1. The van der Waals surface area contributed by atoms with Gasteiger partial charge in [0.2, 0.25) is 15.9 Å². The predicted molar refractivity (Wildman–Crippen MR) is 82.7 cm³/mol. The fraction of sp³-hybridized carbons (Fsp3) is 0.533. The second-order valence-electron chi connectivity index (χ2n) is 5.75. The van der Waals surface area contributed by atoms with E-state index in [2.05, 4.69) is 0 Å². The Hall–Kier alpha value is -1.44. The normalized spacial score (nSPS) is 22.8. The number of methoxy groups -OCH3 is 1. The number of hydrogen-bond donors (Lipinski definition) is 1. The van der Waals surface area contributed by atoms with Crippen molar-refractivity contribution in [1.29, 1.82) is 0 Å². The monoisotopic (exact) mass is 326 g/mol. The summed E-state index contributed by atoms with van der Waals surface area (Å²) in [6.45, 7) is 2.28. The van der Waals surface area contributed by atoms with Crippen LogP contribution < -0.4 is 5.73 Å². The molecule has 22 heavy (non-hydrogen) atoms. The van der Waals surface area contributed by atoms with Gasteiger partial charge in [-0.3, -0.25) is 4.79 Å². The molecule has 2 N–H and O–H groups in total. The molecule has 1 unspecified atom stereocenters. The number of benzene rings is 1. The van der Waals surface area contributed by atoms with Gasteiger partial charge in [0.15, 0.2) is 0 Å².